The zero-order valence-electron chi connectivity index (χ0n) is 10.9. The quantitative estimate of drug-likeness (QED) is 0.563. The maximum Gasteiger partial charge on any atom is 0.316 e. The van der Waals surface area contributed by atoms with E-state index in [1.165, 1.54) is 5.57 Å². The summed E-state index contributed by atoms with van der Waals surface area (Å²) >= 11 is 0. The number of hydrogen-bond acceptors (Lipinski definition) is 4. The Labute approximate surface area is 106 Å². The molecule has 3 fully saturated rings. The summed E-state index contributed by atoms with van der Waals surface area (Å²) in [4.78, 5) is 23.6. The average molecular weight is 250 g/mol. The molecule has 18 heavy (non-hydrogen) atoms. The smallest absolute Gasteiger partial charge is 0.316 e. The minimum Gasteiger partial charge on any atom is -0.466 e. The van der Waals surface area contributed by atoms with Crippen molar-refractivity contribution in [2.75, 3.05) is 6.61 Å². The van der Waals surface area contributed by atoms with Crippen LogP contribution in [0.5, 0.6) is 0 Å². The Balaban J connectivity index is 1.75. The lowest BCUT2D eigenvalue weighted by molar-refractivity contribution is -0.238. The molecule has 1 saturated heterocycles. The van der Waals surface area contributed by atoms with Crippen molar-refractivity contribution in [1.82, 2.24) is 0 Å². The summed E-state index contributed by atoms with van der Waals surface area (Å²) in [6, 6.07) is 0. The first-order chi connectivity index (χ1) is 8.54. The number of rotatable bonds is 4. The third-order valence-electron chi connectivity index (χ3n) is 4.55. The van der Waals surface area contributed by atoms with Crippen molar-refractivity contribution in [2.45, 2.75) is 33.3 Å². The molecule has 0 unspecified atom stereocenters. The van der Waals surface area contributed by atoms with Crippen LogP contribution in [-0.4, -0.2) is 24.6 Å². The lowest BCUT2D eigenvalue weighted by Gasteiger charge is -2.54. The van der Waals surface area contributed by atoms with E-state index < -0.39 is 5.41 Å². The molecule has 2 saturated carbocycles. The molecule has 0 N–H and O–H groups in total. The molecule has 0 radical (unpaired) electrons. The highest BCUT2D eigenvalue weighted by atomic mass is 16.6. The van der Waals surface area contributed by atoms with Crippen LogP contribution in [0.1, 0.15) is 27.2 Å². The largest absolute Gasteiger partial charge is 0.466 e. The number of hydrogen-bond donors (Lipinski definition) is 0. The minimum atomic E-state index is -0.403. The lowest BCUT2D eigenvalue weighted by Crippen LogP contribution is -2.65. The van der Waals surface area contributed by atoms with Crippen molar-refractivity contribution in [3.8, 4) is 0 Å². The van der Waals surface area contributed by atoms with Crippen LogP contribution >= 0.6 is 0 Å². The van der Waals surface area contributed by atoms with E-state index in [1.807, 2.05) is 13.8 Å². The Morgan fingerprint density at radius 3 is 2.78 bits per heavy atom. The molecule has 98 valence electrons. The van der Waals surface area contributed by atoms with Gasteiger partial charge in [0.05, 0.1) is 12.5 Å². The summed E-state index contributed by atoms with van der Waals surface area (Å²) in [5.74, 6) is 0.00518. The molecule has 4 nitrogen and oxygen atoms in total. The maximum absolute atomic E-state index is 11.8. The van der Waals surface area contributed by atoms with Crippen molar-refractivity contribution >= 4 is 11.9 Å². The Hall–Kier alpha value is -1.32. The molecule has 2 aliphatic carbocycles. The van der Waals surface area contributed by atoms with Gasteiger partial charge in [0.2, 0.25) is 0 Å². The van der Waals surface area contributed by atoms with Crippen LogP contribution < -0.4 is 0 Å². The standard InChI is InChI=1S/C14H18O4/c1-4-17-12(15)9-8-10(9)14(6-5-7(2)3)11(8)18-13(14)16/h5,8-11H,4,6H2,1-3H3/t8-,9-,10-,11+,14-/m1/s1. The molecule has 0 aromatic carbocycles. The third kappa shape index (κ3) is 1.21. The maximum atomic E-state index is 11.8. The van der Waals surface area contributed by atoms with Crippen LogP contribution in [0.2, 0.25) is 0 Å². The highest BCUT2D eigenvalue weighted by Gasteiger charge is 2.88. The fourth-order valence-electron chi connectivity index (χ4n) is 3.64. The van der Waals surface area contributed by atoms with Crippen LogP contribution in [0.25, 0.3) is 0 Å². The highest BCUT2D eigenvalue weighted by Crippen LogP contribution is 2.78. The first-order valence-electron chi connectivity index (χ1n) is 6.55. The molecule has 0 bridgehead atoms. The number of fused-ring (bicyclic) bond motifs is 4. The molecule has 5 atom stereocenters. The van der Waals surface area contributed by atoms with E-state index >= 15 is 0 Å². The zero-order chi connectivity index (χ0) is 13.1. The van der Waals surface area contributed by atoms with Gasteiger partial charge in [-0.05, 0) is 33.1 Å². The second-order valence-electron chi connectivity index (χ2n) is 5.73. The van der Waals surface area contributed by atoms with E-state index in [-0.39, 0.29) is 35.8 Å². The van der Waals surface area contributed by atoms with Gasteiger partial charge in [0.25, 0.3) is 0 Å². The van der Waals surface area contributed by atoms with Crippen molar-refractivity contribution in [3.63, 3.8) is 0 Å². The average Bonchev–Trinajstić information content (AvgIpc) is 2.96. The van der Waals surface area contributed by atoms with Gasteiger partial charge < -0.3 is 9.47 Å². The first-order valence-corrected chi connectivity index (χ1v) is 6.55. The Morgan fingerprint density at radius 1 is 1.50 bits per heavy atom. The fraction of sp³-hybridized carbons (Fsp3) is 0.714. The third-order valence-corrected chi connectivity index (χ3v) is 4.55. The van der Waals surface area contributed by atoms with E-state index in [0.717, 1.165) is 0 Å². The van der Waals surface area contributed by atoms with E-state index in [1.54, 1.807) is 6.92 Å². The number of carbonyl (C=O) groups is 2. The van der Waals surface area contributed by atoms with Gasteiger partial charge in [-0.15, -0.1) is 0 Å². The van der Waals surface area contributed by atoms with E-state index in [0.29, 0.717) is 13.0 Å². The molecule has 0 amide bonds. The van der Waals surface area contributed by atoms with Crippen molar-refractivity contribution in [3.05, 3.63) is 11.6 Å². The molecular weight excluding hydrogens is 232 g/mol. The molecule has 3 rings (SSSR count). The predicted molar refractivity (Wildman–Crippen MR) is 63.5 cm³/mol. The number of allylic oxidation sites excluding steroid dienone is 2. The number of carbonyl (C=O) groups excluding carboxylic acids is 2. The Kier molecular flexibility index (Phi) is 2.34. The molecule has 1 aliphatic heterocycles. The van der Waals surface area contributed by atoms with Crippen molar-refractivity contribution < 1.29 is 19.1 Å². The molecule has 0 spiro atoms. The van der Waals surface area contributed by atoms with Crippen molar-refractivity contribution in [1.29, 1.82) is 0 Å². The summed E-state index contributed by atoms with van der Waals surface area (Å²) in [5.41, 5.74) is 0.791. The summed E-state index contributed by atoms with van der Waals surface area (Å²) in [5, 5.41) is 0. The monoisotopic (exact) mass is 250 g/mol. The van der Waals surface area contributed by atoms with Crippen molar-refractivity contribution in [2.24, 2.45) is 23.2 Å². The molecule has 1 heterocycles. The predicted octanol–water partition coefficient (Wildman–Crippen LogP) is 1.69. The number of esters is 2. The van der Waals surface area contributed by atoms with E-state index in [2.05, 4.69) is 6.08 Å². The number of ether oxygens (including phenoxy) is 2. The molecule has 0 aromatic rings. The van der Waals surface area contributed by atoms with Gasteiger partial charge in [-0.3, -0.25) is 9.59 Å². The van der Waals surface area contributed by atoms with Crippen LogP contribution in [0, 0.1) is 23.2 Å². The van der Waals surface area contributed by atoms with Crippen LogP contribution in [-0.2, 0) is 19.1 Å². The topological polar surface area (TPSA) is 52.6 Å². The van der Waals surface area contributed by atoms with Gasteiger partial charge in [-0.2, -0.15) is 0 Å². The van der Waals surface area contributed by atoms with Crippen LogP contribution in [0.4, 0.5) is 0 Å². The second kappa shape index (κ2) is 3.59. The lowest BCUT2D eigenvalue weighted by atomic mass is 9.60. The van der Waals surface area contributed by atoms with Gasteiger partial charge in [0, 0.05) is 5.92 Å². The fourth-order valence-corrected chi connectivity index (χ4v) is 3.64. The summed E-state index contributed by atoms with van der Waals surface area (Å²) in [7, 11) is 0. The summed E-state index contributed by atoms with van der Waals surface area (Å²) in [6.45, 7) is 6.23. The highest BCUT2D eigenvalue weighted by molar-refractivity contribution is 5.92. The normalized spacial score (nSPS) is 42.5. The first kappa shape index (κ1) is 11.8. The minimum absolute atomic E-state index is 0.0417. The van der Waals surface area contributed by atoms with Gasteiger partial charge in [0.1, 0.15) is 11.5 Å². The van der Waals surface area contributed by atoms with Crippen LogP contribution in [0.3, 0.4) is 0 Å². The van der Waals surface area contributed by atoms with Gasteiger partial charge in [-0.25, -0.2) is 0 Å². The van der Waals surface area contributed by atoms with Crippen LogP contribution in [0.15, 0.2) is 11.6 Å². The summed E-state index contributed by atoms with van der Waals surface area (Å²) in [6.07, 6.45) is 2.74. The Bertz CT molecular complexity index is 449. The molecular formula is C14H18O4. The Morgan fingerprint density at radius 2 is 2.22 bits per heavy atom. The van der Waals surface area contributed by atoms with E-state index in [4.69, 9.17) is 9.47 Å². The molecule has 0 aromatic heterocycles. The summed E-state index contributed by atoms with van der Waals surface area (Å²) < 4.78 is 10.3. The van der Waals surface area contributed by atoms with E-state index in [9.17, 15) is 9.59 Å². The molecule has 4 heteroatoms. The zero-order valence-corrected chi connectivity index (χ0v) is 10.9. The SMILES string of the molecule is CCOC(=O)[C@@H]1[C@@H]2[C@H]1[C@@]1(CC=C(C)C)C(=O)O[C@@H]21. The van der Waals surface area contributed by atoms with Gasteiger partial charge in [-0.1, -0.05) is 11.6 Å². The second-order valence-corrected chi connectivity index (χ2v) is 5.73. The van der Waals surface area contributed by atoms with Gasteiger partial charge >= 0.3 is 11.9 Å². The molecule has 3 aliphatic rings. The van der Waals surface area contributed by atoms with Gasteiger partial charge in [0.15, 0.2) is 0 Å².